The predicted molar refractivity (Wildman–Crippen MR) is 59.6 cm³/mol. The summed E-state index contributed by atoms with van der Waals surface area (Å²) in [6.07, 6.45) is 0.0904. The highest BCUT2D eigenvalue weighted by Gasteiger charge is 2.70. The molecule has 1 spiro atoms. The molecule has 1 heterocycles. The van der Waals surface area contributed by atoms with E-state index in [0.717, 1.165) is 25.7 Å². The average Bonchev–Trinajstić information content (AvgIpc) is 2.66. The van der Waals surface area contributed by atoms with Gasteiger partial charge >= 0.3 is 6.18 Å². The molecule has 5 fully saturated rings. The summed E-state index contributed by atoms with van der Waals surface area (Å²) in [5, 5.41) is 9.77. The zero-order chi connectivity index (χ0) is 13.5. The fraction of sp³-hybridized carbons (Fsp3) is 1.00. The predicted octanol–water partition coefficient (Wildman–Crippen LogP) is 2.36. The third kappa shape index (κ3) is 1.51. The molecule has 0 amide bonds. The molecule has 0 aromatic heterocycles. The van der Waals surface area contributed by atoms with Crippen LogP contribution in [0.2, 0.25) is 0 Å². The molecule has 4 saturated carbocycles. The number of aliphatic hydroxyl groups is 1. The number of nitrogens with one attached hydrogen (secondary N) is 1. The summed E-state index contributed by atoms with van der Waals surface area (Å²) in [4.78, 5) is 4.67. The molecule has 5 aliphatic rings. The second-order valence-corrected chi connectivity index (χ2v) is 7.01. The van der Waals surface area contributed by atoms with Crippen LogP contribution in [0.4, 0.5) is 13.2 Å². The normalized spacial score (nSPS) is 56.2. The van der Waals surface area contributed by atoms with Gasteiger partial charge in [-0.05, 0) is 55.8 Å². The standard InChI is InChI=1S/C13H18F3NO2/c14-13(15,16)12(18)6-11(17-19-12)9-2-7-1-8(4-9)5-10(11)3-7/h7-10,17-18H,1-6H2/t7?,8?,9?,10?,11?,12-/m0/s1. The van der Waals surface area contributed by atoms with Crippen LogP contribution >= 0.6 is 0 Å². The molecule has 5 rings (SSSR count). The molecule has 0 radical (unpaired) electrons. The van der Waals surface area contributed by atoms with Gasteiger partial charge in [0, 0.05) is 6.42 Å². The fourth-order valence-electron chi connectivity index (χ4n) is 5.29. The maximum Gasteiger partial charge on any atom is 0.444 e. The second-order valence-electron chi connectivity index (χ2n) is 7.01. The lowest BCUT2D eigenvalue weighted by molar-refractivity contribution is -0.361. The molecular formula is C13H18F3NO2. The minimum atomic E-state index is -4.74. The summed E-state index contributed by atoms with van der Waals surface area (Å²) in [6.45, 7) is 0. The smallest absolute Gasteiger partial charge is 0.357 e. The van der Waals surface area contributed by atoms with E-state index in [-0.39, 0.29) is 18.3 Å². The van der Waals surface area contributed by atoms with Crippen molar-refractivity contribution in [2.24, 2.45) is 23.7 Å². The van der Waals surface area contributed by atoms with Crippen molar-refractivity contribution in [3.8, 4) is 0 Å². The van der Waals surface area contributed by atoms with E-state index in [9.17, 15) is 18.3 Å². The van der Waals surface area contributed by atoms with Crippen molar-refractivity contribution in [3.63, 3.8) is 0 Å². The van der Waals surface area contributed by atoms with E-state index in [1.54, 1.807) is 0 Å². The van der Waals surface area contributed by atoms with Crippen LogP contribution < -0.4 is 5.48 Å². The van der Waals surface area contributed by atoms with Gasteiger partial charge in [0.25, 0.3) is 5.79 Å². The first-order valence-corrected chi connectivity index (χ1v) is 7.07. The summed E-state index contributed by atoms with van der Waals surface area (Å²) >= 11 is 0. The molecule has 4 bridgehead atoms. The second kappa shape index (κ2) is 3.46. The van der Waals surface area contributed by atoms with Crippen LogP contribution in [0.3, 0.4) is 0 Å². The van der Waals surface area contributed by atoms with Crippen molar-refractivity contribution in [1.82, 2.24) is 5.48 Å². The fourth-order valence-corrected chi connectivity index (χ4v) is 5.29. The molecule has 0 unspecified atom stereocenters. The van der Waals surface area contributed by atoms with E-state index in [0.29, 0.717) is 11.8 Å². The molecule has 1 atom stereocenters. The molecule has 108 valence electrons. The zero-order valence-corrected chi connectivity index (χ0v) is 10.5. The van der Waals surface area contributed by atoms with Crippen molar-refractivity contribution >= 4 is 0 Å². The van der Waals surface area contributed by atoms with Crippen LogP contribution in [0.1, 0.15) is 38.5 Å². The van der Waals surface area contributed by atoms with Crippen LogP contribution in [0, 0.1) is 23.7 Å². The molecule has 0 aromatic rings. The number of halogens is 3. The molecule has 2 N–H and O–H groups in total. The number of alkyl halides is 3. The zero-order valence-electron chi connectivity index (χ0n) is 10.5. The Bertz CT molecular complexity index is 383. The summed E-state index contributed by atoms with van der Waals surface area (Å²) in [5.74, 6) is -1.22. The summed E-state index contributed by atoms with van der Waals surface area (Å²) in [5.41, 5.74) is 1.99. The van der Waals surface area contributed by atoms with Crippen LogP contribution in [-0.2, 0) is 4.84 Å². The van der Waals surface area contributed by atoms with Crippen LogP contribution in [0.5, 0.6) is 0 Å². The van der Waals surface area contributed by atoms with Crippen molar-refractivity contribution in [2.75, 3.05) is 0 Å². The monoisotopic (exact) mass is 277 g/mol. The Hall–Kier alpha value is -0.330. The average molecular weight is 277 g/mol. The molecular weight excluding hydrogens is 259 g/mol. The number of hydrogen-bond donors (Lipinski definition) is 2. The van der Waals surface area contributed by atoms with Gasteiger partial charge in [0.2, 0.25) is 0 Å². The lowest BCUT2D eigenvalue weighted by Gasteiger charge is -2.59. The number of hydrogen-bond acceptors (Lipinski definition) is 3. The van der Waals surface area contributed by atoms with Gasteiger partial charge in [-0.2, -0.15) is 18.7 Å². The van der Waals surface area contributed by atoms with Crippen LogP contribution in [0.25, 0.3) is 0 Å². The molecule has 1 aliphatic heterocycles. The van der Waals surface area contributed by atoms with Crippen molar-refractivity contribution < 1.29 is 23.1 Å². The lowest BCUT2D eigenvalue weighted by Crippen LogP contribution is -2.62. The molecule has 1 saturated heterocycles. The largest absolute Gasteiger partial charge is 0.444 e. The first-order valence-electron chi connectivity index (χ1n) is 7.07. The van der Waals surface area contributed by atoms with Crippen LogP contribution in [-0.4, -0.2) is 22.6 Å². The third-order valence-corrected chi connectivity index (χ3v) is 5.98. The highest BCUT2D eigenvalue weighted by molar-refractivity contribution is 5.14. The van der Waals surface area contributed by atoms with E-state index in [1.807, 2.05) is 0 Å². The summed E-state index contributed by atoms with van der Waals surface area (Å²) < 4.78 is 38.8. The first kappa shape index (κ1) is 12.4. The maximum absolute atomic E-state index is 12.9. The van der Waals surface area contributed by atoms with Crippen molar-refractivity contribution in [3.05, 3.63) is 0 Å². The highest BCUT2D eigenvalue weighted by Crippen LogP contribution is 2.62. The highest BCUT2D eigenvalue weighted by atomic mass is 19.4. The maximum atomic E-state index is 12.9. The van der Waals surface area contributed by atoms with Gasteiger partial charge in [0.05, 0.1) is 5.54 Å². The Balaban J connectivity index is 1.66. The van der Waals surface area contributed by atoms with E-state index in [4.69, 9.17) is 0 Å². The Morgan fingerprint density at radius 1 is 1.00 bits per heavy atom. The van der Waals surface area contributed by atoms with Gasteiger partial charge < -0.3 is 5.11 Å². The minimum Gasteiger partial charge on any atom is -0.357 e. The molecule has 6 heteroatoms. The van der Waals surface area contributed by atoms with Crippen LogP contribution in [0.15, 0.2) is 0 Å². The van der Waals surface area contributed by atoms with Crippen molar-refractivity contribution in [1.29, 1.82) is 0 Å². The minimum absolute atomic E-state index is 0.222. The van der Waals surface area contributed by atoms with Gasteiger partial charge in [0.1, 0.15) is 0 Å². The Labute approximate surface area is 109 Å². The summed E-state index contributed by atoms with van der Waals surface area (Å²) in [6, 6.07) is 0. The van der Waals surface area contributed by atoms with Gasteiger partial charge in [-0.15, -0.1) is 0 Å². The van der Waals surface area contributed by atoms with Gasteiger partial charge in [-0.25, -0.2) is 0 Å². The van der Waals surface area contributed by atoms with E-state index in [1.165, 1.54) is 6.42 Å². The topological polar surface area (TPSA) is 41.5 Å². The van der Waals surface area contributed by atoms with Gasteiger partial charge in [0.15, 0.2) is 0 Å². The Morgan fingerprint density at radius 3 is 1.95 bits per heavy atom. The molecule has 3 nitrogen and oxygen atoms in total. The van der Waals surface area contributed by atoms with E-state index < -0.39 is 17.5 Å². The van der Waals surface area contributed by atoms with Gasteiger partial charge in [-0.1, -0.05) is 0 Å². The molecule has 0 aromatic carbocycles. The lowest BCUT2D eigenvalue weighted by atomic mass is 9.48. The molecule has 19 heavy (non-hydrogen) atoms. The van der Waals surface area contributed by atoms with Crippen molar-refractivity contribution in [2.45, 2.75) is 56.0 Å². The first-order chi connectivity index (χ1) is 8.82. The van der Waals surface area contributed by atoms with Gasteiger partial charge in [-0.3, -0.25) is 4.84 Å². The Kier molecular flexibility index (Phi) is 2.26. The quantitative estimate of drug-likeness (QED) is 0.714. The number of rotatable bonds is 0. The van der Waals surface area contributed by atoms with E-state index in [2.05, 4.69) is 10.3 Å². The Morgan fingerprint density at radius 2 is 1.53 bits per heavy atom. The summed E-state index contributed by atoms with van der Waals surface area (Å²) in [7, 11) is 0. The molecule has 4 aliphatic carbocycles. The van der Waals surface area contributed by atoms with E-state index >= 15 is 0 Å². The SMILES string of the molecule is O[C@@]1(C(F)(F)F)CC2(NO1)C1CC3CC(C1)CC2C3. The number of hydroxylamine groups is 1. The third-order valence-electron chi connectivity index (χ3n) is 5.98.